The molecule has 0 bridgehead atoms. The molecule has 7 nitrogen and oxygen atoms in total. The molecule has 5 rings (SSSR count). The number of thioether (sulfide) groups is 1. The smallest absolute Gasteiger partial charge is 0.203 e. The molecule has 146 valence electrons. The van der Waals surface area contributed by atoms with Gasteiger partial charge in [0, 0.05) is 37.7 Å². The number of hydrogen-bond donors (Lipinski definition) is 1. The molecule has 2 saturated heterocycles. The first-order valence-corrected chi connectivity index (χ1v) is 10.9. The number of fused-ring (bicyclic) bond motifs is 1. The Morgan fingerprint density at radius 3 is 3.00 bits per heavy atom. The molecule has 1 atom stereocenters. The van der Waals surface area contributed by atoms with Gasteiger partial charge in [0.25, 0.3) is 0 Å². The number of morpholine rings is 1. The molecule has 3 aromatic rings. The van der Waals surface area contributed by atoms with Gasteiger partial charge in [-0.25, -0.2) is 4.98 Å². The van der Waals surface area contributed by atoms with E-state index in [-0.39, 0.29) is 0 Å². The molecule has 1 N–H and O–H groups in total. The second kappa shape index (κ2) is 7.97. The molecule has 0 saturated carbocycles. The lowest BCUT2D eigenvalue weighted by molar-refractivity contribution is 0.122. The van der Waals surface area contributed by atoms with Gasteiger partial charge in [0.2, 0.25) is 5.65 Å². The number of ether oxygens (including phenoxy) is 1. The summed E-state index contributed by atoms with van der Waals surface area (Å²) >= 11 is 1.97. The Bertz CT molecular complexity index is 949. The van der Waals surface area contributed by atoms with Gasteiger partial charge in [0.15, 0.2) is 11.6 Å². The first kappa shape index (κ1) is 17.8. The highest BCUT2D eigenvalue weighted by molar-refractivity contribution is 7.99. The molecule has 0 amide bonds. The minimum atomic E-state index is 0.440. The van der Waals surface area contributed by atoms with Crippen LogP contribution in [0, 0.1) is 0 Å². The van der Waals surface area contributed by atoms with Gasteiger partial charge < -0.3 is 15.0 Å². The second-order valence-electron chi connectivity index (χ2n) is 7.15. The lowest BCUT2D eigenvalue weighted by atomic mass is 10.2. The van der Waals surface area contributed by atoms with E-state index in [1.807, 2.05) is 24.2 Å². The van der Waals surface area contributed by atoms with Crippen LogP contribution in [0.3, 0.4) is 0 Å². The Morgan fingerprint density at radius 1 is 1.21 bits per heavy atom. The normalized spacial score (nSPS) is 20.0. The Balaban J connectivity index is 1.33. The molecule has 0 radical (unpaired) electrons. The molecule has 2 aliphatic heterocycles. The van der Waals surface area contributed by atoms with Crippen molar-refractivity contribution in [1.82, 2.24) is 19.6 Å². The van der Waals surface area contributed by atoms with Crippen molar-refractivity contribution >= 4 is 28.9 Å². The monoisotopic (exact) mass is 396 g/mol. The van der Waals surface area contributed by atoms with Crippen molar-refractivity contribution < 1.29 is 4.74 Å². The third-order valence-corrected chi connectivity index (χ3v) is 6.69. The number of benzene rings is 1. The minimum Gasteiger partial charge on any atom is -0.378 e. The lowest BCUT2D eigenvalue weighted by Crippen LogP contribution is -2.36. The average molecular weight is 397 g/mol. The molecule has 8 heteroatoms. The number of nitrogens with one attached hydrogen (secondary N) is 1. The molecule has 28 heavy (non-hydrogen) atoms. The SMILES string of the molecule is c1cc(CNc2nccn3c([C@@H]4CCCS4)nnc23)cc(N2CCOCC2)c1. The molecule has 2 aliphatic rings. The fourth-order valence-electron chi connectivity index (χ4n) is 3.84. The number of nitrogens with zero attached hydrogens (tertiary/aromatic N) is 5. The Morgan fingerprint density at radius 2 is 2.14 bits per heavy atom. The summed E-state index contributed by atoms with van der Waals surface area (Å²) in [5.74, 6) is 3.02. The first-order valence-electron chi connectivity index (χ1n) is 9.85. The van der Waals surface area contributed by atoms with Crippen LogP contribution in [0.25, 0.3) is 5.65 Å². The molecule has 2 aromatic heterocycles. The maximum atomic E-state index is 5.46. The lowest BCUT2D eigenvalue weighted by Gasteiger charge is -2.29. The third-order valence-electron chi connectivity index (χ3n) is 5.32. The van der Waals surface area contributed by atoms with Crippen molar-refractivity contribution in [1.29, 1.82) is 0 Å². The van der Waals surface area contributed by atoms with Crippen molar-refractivity contribution in [3.05, 3.63) is 48.0 Å². The van der Waals surface area contributed by atoms with Crippen LogP contribution < -0.4 is 10.2 Å². The summed E-state index contributed by atoms with van der Waals surface area (Å²) in [5.41, 5.74) is 3.27. The second-order valence-corrected chi connectivity index (χ2v) is 8.46. The van der Waals surface area contributed by atoms with Crippen LogP contribution >= 0.6 is 11.8 Å². The van der Waals surface area contributed by atoms with Crippen LogP contribution in [0.5, 0.6) is 0 Å². The van der Waals surface area contributed by atoms with Crippen molar-refractivity contribution in [2.75, 3.05) is 42.3 Å². The topological polar surface area (TPSA) is 67.6 Å². The fraction of sp³-hybridized carbons (Fsp3) is 0.450. The zero-order chi connectivity index (χ0) is 18.8. The molecular weight excluding hydrogens is 372 g/mol. The molecular formula is C20H24N6OS. The van der Waals surface area contributed by atoms with Gasteiger partial charge in [-0.1, -0.05) is 12.1 Å². The summed E-state index contributed by atoms with van der Waals surface area (Å²) in [6, 6.07) is 8.66. The predicted octanol–water partition coefficient (Wildman–Crippen LogP) is 3.14. The van der Waals surface area contributed by atoms with Gasteiger partial charge in [0.1, 0.15) is 0 Å². The van der Waals surface area contributed by atoms with Crippen LogP contribution in [0.2, 0.25) is 0 Å². The van der Waals surface area contributed by atoms with Gasteiger partial charge >= 0.3 is 0 Å². The van der Waals surface area contributed by atoms with E-state index in [0.717, 1.165) is 43.6 Å². The zero-order valence-corrected chi connectivity index (χ0v) is 16.6. The number of aromatic nitrogens is 4. The Hall–Kier alpha value is -2.32. The Labute approximate surface area is 168 Å². The fourth-order valence-corrected chi connectivity index (χ4v) is 5.10. The average Bonchev–Trinajstić information content (AvgIpc) is 3.43. The zero-order valence-electron chi connectivity index (χ0n) is 15.8. The standard InChI is InChI=1S/C20H24N6OS/c1-3-15(13-16(4-1)25-8-10-27-11-9-25)14-22-18-20-24-23-19(17-5-2-12-28-17)26(20)7-6-21-18/h1,3-4,6-7,13,17H,2,5,8-12,14H2,(H,21,22)/t17-/m0/s1. The molecule has 0 unspecified atom stereocenters. The van der Waals surface area contributed by atoms with Gasteiger partial charge in [-0.3, -0.25) is 4.40 Å². The van der Waals surface area contributed by atoms with E-state index in [1.165, 1.54) is 29.8 Å². The summed E-state index contributed by atoms with van der Waals surface area (Å²) in [6.45, 7) is 4.18. The van der Waals surface area contributed by atoms with Gasteiger partial charge in [0.05, 0.1) is 18.5 Å². The minimum absolute atomic E-state index is 0.440. The van der Waals surface area contributed by atoms with Crippen molar-refractivity contribution in [2.24, 2.45) is 0 Å². The number of hydrogen-bond acceptors (Lipinski definition) is 7. The van der Waals surface area contributed by atoms with Crippen molar-refractivity contribution in [3.8, 4) is 0 Å². The van der Waals surface area contributed by atoms with E-state index in [2.05, 4.69) is 54.1 Å². The summed E-state index contributed by atoms with van der Waals surface area (Å²) in [7, 11) is 0. The van der Waals surface area contributed by atoms with E-state index in [0.29, 0.717) is 11.8 Å². The van der Waals surface area contributed by atoms with E-state index >= 15 is 0 Å². The largest absolute Gasteiger partial charge is 0.378 e. The predicted molar refractivity (Wildman–Crippen MR) is 112 cm³/mol. The number of anilines is 2. The maximum absolute atomic E-state index is 5.46. The molecule has 4 heterocycles. The van der Waals surface area contributed by atoms with Crippen LogP contribution in [0.15, 0.2) is 36.7 Å². The van der Waals surface area contributed by atoms with Crippen LogP contribution in [-0.2, 0) is 11.3 Å². The van der Waals surface area contributed by atoms with E-state index in [4.69, 9.17) is 4.74 Å². The summed E-state index contributed by atoms with van der Waals surface area (Å²) in [6.07, 6.45) is 6.21. The third kappa shape index (κ3) is 3.54. The van der Waals surface area contributed by atoms with Crippen molar-refractivity contribution in [2.45, 2.75) is 24.6 Å². The highest BCUT2D eigenvalue weighted by Gasteiger charge is 2.23. The van der Waals surface area contributed by atoms with Crippen molar-refractivity contribution in [3.63, 3.8) is 0 Å². The molecule has 2 fully saturated rings. The van der Waals surface area contributed by atoms with Gasteiger partial charge in [-0.05, 0) is 36.3 Å². The maximum Gasteiger partial charge on any atom is 0.203 e. The highest BCUT2D eigenvalue weighted by Crippen LogP contribution is 2.39. The Kier molecular flexibility index (Phi) is 5.05. The molecule has 1 aromatic carbocycles. The molecule has 0 aliphatic carbocycles. The summed E-state index contributed by atoms with van der Waals surface area (Å²) in [5, 5.41) is 12.8. The summed E-state index contributed by atoms with van der Waals surface area (Å²) in [4.78, 5) is 6.88. The van der Waals surface area contributed by atoms with Crippen LogP contribution in [0.4, 0.5) is 11.5 Å². The quantitative estimate of drug-likeness (QED) is 0.711. The molecule has 0 spiro atoms. The summed E-state index contributed by atoms with van der Waals surface area (Å²) < 4.78 is 7.54. The van der Waals surface area contributed by atoms with Gasteiger partial charge in [-0.15, -0.1) is 10.2 Å². The van der Waals surface area contributed by atoms with E-state index < -0.39 is 0 Å². The van der Waals surface area contributed by atoms with E-state index in [9.17, 15) is 0 Å². The van der Waals surface area contributed by atoms with Gasteiger partial charge in [-0.2, -0.15) is 11.8 Å². The number of rotatable bonds is 5. The first-order chi connectivity index (χ1) is 13.9. The van der Waals surface area contributed by atoms with Crippen LogP contribution in [-0.4, -0.2) is 51.6 Å². The van der Waals surface area contributed by atoms with Crippen LogP contribution in [0.1, 0.15) is 29.5 Å². The highest BCUT2D eigenvalue weighted by atomic mass is 32.2. The van der Waals surface area contributed by atoms with E-state index in [1.54, 1.807) is 0 Å².